The lowest BCUT2D eigenvalue weighted by Crippen LogP contribution is -2.39. The van der Waals surface area contributed by atoms with Gasteiger partial charge in [0.1, 0.15) is 5.82 Å². The van der Waals surface area contributed by atoms with Crippen molar-refractivity contribution in [3.05, 3.63) is 36.4 Å². The van der Waals surface area contributed by atoms with Gasteiger partial charge < -0.3 is 15.5 Å². The van der Waals surface area contributed by atoms with Crippen LogP contribution in [-0.2, 0) is 4.79 Å². The van der Waals surface area contributed by atoms with Crippen LogP contribution >= 0.6 is 0 Å². The lowest BCUT2D eigenvalue weighted by molar-refractivity contribution is -0.114. The normalized spacial score (nSPS) is 22.8. The highest BCUT2D eigenvalue weighted by Gasteiger charge is 2.54. The number of carbonyl (C=O) groups excluding carboxylic acids is 1. The second kappa shape index (κ2) is 9.80. The average molecular weight is 448 g/mol. The Morgan fingerprint density at radius 2 is 1.79 bits per heavy atom. The third-order valence-electron chi connectivity index (χ3n) is 8.15. The smallest absolute Gasteiger partial charge is 0.221 e. The molecule has 6 heteroatoms. The van der Waals surface area contributed by atoms with E-state index in [1.165, 1.54) is 77.9 Å². The summed E-state index contributed by atoms with van der Waals surface area (Å²) >= 11 is 0. The number of hydrogen-bond acceptors (Lipinski definition) is 5. The van der Waals surface area contributed by atoms with Crippen LogP contribution in [-0.4, -0.2) is 47.2 Å². The van der Waals surface area contributed by atoms with Crippen molar-refractivity contribution in [2.45, 2.75) is 58.3 Å². The van der Waals surface area contributed by atoms with Gasteiger partial charge in [0, 0.05) is 31.3 Å². The Balaban J connectivity index is 1.06. The molecule has 0 radical (unpaired) electrons. The minimum atomic E-state index is -0.0691. The highest BCUT2D eigenvalue weighted by molar-refractivity contribution is 5.88. The summed E-state index contributed by atoms with van der Waals surface area (Å²) in [7, 11) is 0. The maximum absolute atomic E-state index is 11.2. The van der Waals surface area contributed by atoms with Crippen molar-refractivity contribution in [3.8, 4) is 11.3 Å². The number of anilines is 2. The van der Waals surface area contributed by atoms with Gasteiger partial charge in [0.15, 0.2) is 0 Å². The van der Waals surface area contributed by atoms with Crippen LogP contribution in [0.25, 0.3) is 11.3 Å². The van der Waals surface area contributed by atoms with E-state index < -0.39 is 0 Å². The molecule has 1 aromatic heterocycles. The molecule has 176 valence electrons. The quantitative estimate of drug-likeness (QED) is 0.611. The first-order chi connectivity index (χ1) is 16.1. The molecule has 6 nitrogen and oxygen atoms in total. The summed E-state index contributed by atoms with van der Waals surface area (Å²) in [6.07, 6.45) is 11.4. The van der Waals surface area contributed by atoms with Crippen LogP contribution in [0.2, 0.25) is 0 Å². The third kappa shape index (κ3) is 5.55. The van der Waals surface area contributed by atoms with Crippen LogP contribution in [0, 0.1) is 17.3 Å². The Labute approximate surface area is 197 Å². The molecule has 1 aromatic carbocycles. The summed E-state index contributed by atoms with van der Waals surface area (Å²) in [4.78, 5) is 13.9. The number of benzene rings is 1. The number of aromatic nitrogens is 2. The van der Waals surface area contributed by atoms with Crippen molar-refractivity contribution in [3.63, 3.8) is 0 Å². The largest absolute Gasteiger partial charge is 0.368 e. The summed E-state index contributed by atoms with van der Waals surface area (Å²) in [5.41, 5.74) is 3.20. The molecule has 1 atom stereocenters. The molecule has 33 heavy (non-hydrogen) atoms. The first-order valence-corrected chi connectivity index (χ1v) is 12.8. The maximum Gasteiger partial charge on any atom is 0.221 e. The lowest BCUT2D eigenvalue weighted by Gasteiger charge is -2.36. The first kappa shape index (κ1) is 22.3. The highest BCUT2D eigenvalue weighted by Crippen LogP contribution is 2.59. The van der Waals surface area contributed by atoms with Crippen LogP contribution in [0.3, 0.4) is 0 Å². The summed E-state index contributed by atoms with van der Waals surface area (Å²) in [5, 5.41) is 15.1. The van der Waals surface area contributed by atoms with Crippen molar-refractivity contribution in [2.24, 2.45) is 17.3 Å². The fraction of sp³-hybridized carbons (Fsp3) is 0.593. The molecule has 1 saturated heterocycles. The Morgan fingerprint density at radius 3 is 2.45 bits per heavy atom. The second-order valence-electron chi connectivity index (χ2n) is 10.5. The molecular formula is C27H37N5O. The summed E-state index contributed by atoms with van der Waals surface area (Å²) < 4.78 is 0. The Kier molecular flexibility index (Phi) is 6.63. The first-order valence-electron chi connectivity index (χ1n) is 12.8. The van der Waals surface area contributed by atoms with E-state index in [1.807, 2.05) is 36.4 Å². The molecular weight excluding hydrogens is 410 g/mol. The number of amides is 1. The van der Waals surface area contributed by atoms with Crippen LogP contribution in [0.5, 0.6) is 0 Å². The van der Waals surface area contributed by atoms with Gasteiger partial charge in [0.05, 0.1) is 5.69 Å². The number of likely N-dealkylation sites (tertiary alicyclic amines) is 1. The van der Waals surface area contributed by atoms with E-state index in [2.05, 4.69) is 25.7 Å². The van der Waals surface area contributed by atoms with Crippen LogP contribution in [0.4, 0.5) is 11.5 Å². The molecule has 1 amide bonds. The summed E-state index contributed by atoms with van der Waals surface area (Å²) in [5.74, 6) is 2.52. The molecule has 5 rings (SSSR count). The fourth-order valence-electron chi connectivity index (χ4n) is 5.98. The molecule has 3 aliphatic rings. The van der Waals surface area contributed by atoms with Crippen molar-refractivity contribution in [1.82, 2.24) is 15.1 Å². The molecule has 2 aromatic rings. The predicted octanol–water partition coefficient (Wildman–Crippen LogP) is 5.20. The van der Waals surface area contributed by atoms with Crippen LogP contribution < -0.4 is 10.6 Å². The van der Waals surface area contributed by atoms with Gasteiger partial charge in [-0.1, -0.05) is 31.4 Å². The van der Waals surface area contributed by atoms with Gasteiger partial charge in [0.2, 0.25) is 5.91 Å². The van der Waals surface area contributed by atoms with E-state index in [0.29, 0.717) is 5.41 Å². The number of rotatable bonds is 7. The van der Waals surface area contributed by atoms with Crippen molar-refractivity contribution in [2.75, 3.05) is 36.8 Å². The number of nitrogens with one attached hydrogen (secondary N) is 2. The molecule has 2 saturated carbocycles. The topological polar surface area (TPSA) is 70.2 Å². The van der Waals surface area contributed by atoms with Gasteiger partial charge >= 0.3 is 0 Å². The Hall–Kier alpha value is -2.47. The van der Waals surface area contributed by atoms with Crippen molar-refractivity contribution < 1.29 is 4.79 Å². The zero-order chi connectivity index (χ0) is 22.7. The predicted molar refractivity (Wildman–Crippen MR) is 133 cm³/mol. The van der Waals surface area contributed by atoms with E-state index in [-0.39, 0.29) is 5.91 Å². The van der Waals surface area contributed by atoms with Gasteiger partial charge in [-0.25, -0.2) is 0 Å². The zero-order valence-electron chi connectivity index (χ0n) is 19.9. The minimum absolute atomic E-state index is 0.0691. The molecule has 1 spiro atoms. The lowest BCUT2D eigenvalue weighted by atomic mass is 9.86. The van der Waals surface area contributed by atoms with Crippen LogP contribution in [0.1, 0.15) is 58.3 Å². The average Bonchev–Trinajstić information content (AvgIpc) is 3.52. The summed E-state index contributed by atoms with van der Waals surface area (Å²) in [6.45, 7) is 6.44. The molecule has 3 fully saturated rings. The molecule has 0 bridgehead atoms. The molecule has 1 aliphatic heterocycles. The molecule has 2 N–H and O–H groups in total. The number of piperidine rings is 1. The third-order valence-corrected chi connectivity index (χ3v) is 8.15. The minimum Gasteiger partial charge on any atom is -0.368 e. The van der Waals surface area contributed by atoms with Gasteiger partial charge in [-0.2, -0.15) is 0 Å². The van der Waals surface area contributed by atoms with Gasteiger partial charge in [-0.3, -0.25) is 4.79 Å². The Bertz CT molecular complexity index is 928. The zero-order valence-corrected chi connectivity index (χ0v) is 19.9. The van der Waals surface area contributed by atoms with Crippen molar-refractivity contribution in [1.29, 1.82) is 0 Å². The standard InChI is InChI=1S/C27H37N5O/c1-20(33)29-24-9-7-22(8-10-24)25-11-12-26(31-30-25)28-18-23-17-27(23)13-15-32(16-14-27)19-21-5-3-2-4-6-21/h7-12,21,23H,2-6,13-19H2,1H3,(H,28,31)(H,29,33)/t23-/m0/s1. The van der Waals surface area contributed by atoms with Crippen molar-refractivity contribution >= 4 is 17.4 Å². The van der Waals surface area contributed by atoms with Gasteiger partial charge in [0.25, 0.3) is 0 Å². The van der Waals surface area contributed by atoms with E-state index in [9.17, 15) is 4.79 Å². The summed E-state index contributed by atoms with van der Waals surface area (Å²) in [6, 6.07) is 11.7. The van der Waals surface area contributed by atoms with E-state index in [4.69, 9.17) is 0 Å². The second-order valence-corrected chi connectivity index (χ2v) is 10.5. The van der Waals surface area contributed by atoms with Crippen LogP contribution in [0.15, 0.2) is 36.4 Å². The van der Waals surface area contributed by atoms with E-state index in [0.717, 1.165) is 41.1 Å². The number of nitrogens with zero attached hydrogens (tertiary/aromatic N) is 3. The molecule has 2 heterocycles. The SMILES string of the molecule is CC(=O)Nc1ccc(-c2ccc(NC[C@@H]3CC34CCN(CC3CCCCC3)CC4)nn2)cc1. The van der Waals surface area contributed by atoms with E-state index >= 15 is 0 Å². The monoisotopic (exact) mass is 447 g/mol. The number of carbonyl (C=O) groups is 1. The maximum atomic E-state index is 11.2. The molecule has 0 unspecified atom stereocenters. The van der Waals surface area contributed by atoms with E-state index in [1.54, 1.807) is 0 Å². The van der Waals surface area contributed by atoms with Gasteiger partial charge in [-0.15, -0.1) is 10.2 Å². The number of hydrogen-bond donors (Lipinski definition) is 2. The fourth-order valence-corrected chi connectivity index (χ4v) is 5.98. The van der Waals surface area contributed by atoms with Gasteiger partial charge in [-0.05, 0) is 86.7 Å². The highest BCUT2D eigenvalue weighted by atomic mass is 16.1. The Morgan fingerprint density at radius 1 is 1.03 bits per heavy atom. The molecule has 2 aliphatic carbocycles.